The average molecular weight is 543 g/mol. The molecule has 1 saturated heterocycles. The van der Waals surface area contributed by atoms with E-state index in [1.54, 1.807) is 29.1 Å². The van der Waals surface area contributed by atoms with Crippen molar-refractivity contribution < 1.29 is 21.6 Å². The highest BCUT2D eigenvalue weighted by molar-refractivity contribution is 7.90. The normalized spacial score (nSPS) is 16.0. The summed E-state index contributed by atoms with van der Waals surface area (Å²) >= 11 is 1.45. The number of piperazine rings is 1. The number of hydrogen-bond donors (Lipinski definition) is 2. The fourth-order valence-electron chi connectivity index (χ4n) is 3.91. The van der Waals surface area contributed by atoms with Crippen molar-refractivity contribution >= 4 is 37.4 Å². The Labute approximate surface area is 212 Å². The van der Waals surface area contributed by atoms with E-state index in [2.05, 4.69) is 27.1 Å². The molecule has 196 valence electrons. The Morgan fingerprint density at radius 2 is 1.89 bits per heavy atom. The standard InChI is InChI=1S/C23H29F3N6O2S2/c1-16-14-28-22(27-6-3-7-32-10-8-31(2)9-11-32)30-21(16)20-13-18-5-4-17(12-19(18)35-20)15-29-36(33,34)23(24,25)26/h4-5,12-14,29H,3,6-11,15H2,1-2H3,(H,27,28,30). The first-order valence-electron chi connectivity index (χ1n) is 11.6. The summed E-state index contributed by atoms with van der Waals surface area (Å²) in [5.74, 6) is 0.550. The Balaban J connectivity index is 1.40. The fourth-order valence-corrected chi connectivity index (χ4v) is 5.61. The van der Waals surface area contributed by atoms with Gasteiger partial charge in [-0.2, -0.15) is 13.2 Å². The summed E-state index contributed by atoms with van der Waals surface area (Å²) in [6.45, 7) is 7.63. The number of aryl methyl sites for hydroxylation is 1. The third-order valence-corrected chi connectivity index (χ3v) is 8.33. The van der Waals surface area contributed by atoms with Crippen molar-refractivity contribution in [3.8, 4) is 10.6 Å². The van der Waals surface area contributed by atoms with E-state index in [4.69, 9.17) is 4.98 Å². The zero-order valence-electron chi connectivity index (χ0n) is 20.1. The van der Waals surface area contributed by atoms with Crippen molar-refractivity contribution in [2.75, 3.05) is 51.6 Å². The molecule has 1 aliphatic heterocycles. The summed E-state index contributed by atoms with van der Waals surface area (Å²) in [5, 5.41) is 4.20. The Morgan fingerprint density at radius 3 is 2.61 bits per heavy atom. The van der Waals surface area contributed by atoms with Gasteiger partial charge < -0.3 is 15.1 Å². The van der Waals surface area contributed by atoms with Crippen LogP contribution >= 0.6 is 11.3 Å². The van der Waals surface area contributed by atoms with Gasteiger partial charge in [0.1, 0.15) is 0 Å². The molecule has 0 bridgehead atoms. The van der Waals surface area contributed by atoms with Gasteiger partial charge in [-0.15, -0.1) is 11.3 Å². The Kier molecular flexibility index (Phi) is 8.15. The molecule has 36 heavy (non-hydrogen) atoms. The number of alkyl halides is 3. The van der Waals surface area contributed by atoms with Crippen molar-refractivity contribution in [3.63, 3.8) is 0 Å². The van der Waals surface area contributed by atoms with Crippen LogP contribution in [0.25, 0.3) is 20.7 Å². The van der Waals surface area contributed by atoms with Crippen LogP contribution in [0.2, 0.25) is 0 Å². The summed E-state index contributed by atoms with van der Waals surface area (Å²) in [6, 6.07) is 7.03. The SMILES string of the molecule is Cc1cnc(NCCCN2CCN(C)CC2)nc1-c1cc2ccc(CNS(=O)(=O)C(F)(F)F)cc2s1. The zero-order chi connectivity index (χ0) is 25.9. The second-order valence-corrected chi connectivity index (χ2v) is 11.7. The van der Waals surface area contributed by atoms with Gasteiger partial charge in [0, 0.05) is 50.2 Å². The molecule has 0 amide bonds. The number of anilines is 1. The Bertz CT molecular complexity index is 1300. The summed E-state index contributed by atoms with van der Waals surface area (Å²) in [4.78, 5) is 14.8. The lowest BCUT2D eigenvalue weighted by atomic mass is 10.1. The lowest BCUT2D eigenvalue weighted by molar-refractivity contribution is -0.0448. The first-order valence-corrected chi connectivity index (χ1v) is 13.9. The third kappa shape index (κ3) is 6.51. The van der Waals surface area contributed by atoms with E-state index in [0.717, 1.165) is 71.9 Å². The Hall–Kier alpha value is -2.32. The number of nitrogens with one attached hydrogen (secondary N) is 2. The lowest BCUT2D eigenvalue weighted by Crippen LogP contribution is -2.44. The van der Waals surface area contributed by atoms with E-state index in [9.17, 15) is 21.6 Å². The molecule has 0 atom stereocenters. The number of thiophene rings is 1. The van der Waals surface area contributed by atoms with Crippen LogP contribution in [0.3, 0.4) is 0 Å². The second-order valence-electron chi connectivity index (χ2n) is 8.90. The molecular formula is C23H29F3N6O2S2. The summed E-state index contributed by atoms with van der Waals surface area (Å²) in [5.41, 5.74) is -3.21. The largest absolute Gasteiger partial charge is 0.511 e. The number of fused-ring (bicyclic) bond motifs is 1. The average Bonchev–Trinajstić information content (AvgIpc) is 3.25. The number of likely N-dealkylation sites (N-methyl/N-ethyl adjacent to an activating group) is 1. The minimum Gasteiger partial charge on any atom is -0.354 e. The van der Waals surface area contributed by atoms with Crippen LogP contribution in [0.5, 0.6) is 0 Å². The summed E-state index contributed by atoms with van der Waals surface area (Å²) in [7, 11) is -3.25. The van der Waals surface area contributed by atoms with E-state index >= 15 is 0 Å². The lowest BCUT2D eigenvalue weighted by Gasteiger charge is -2.32. The van der Waals surface area contributed by atoms with Crippen molar-refractivity contribution in [2.24, 2.45) is 0 Å². The van der Waals surface area contributed by atoms with E-state index in [0.29, 0.717) is 11.5 Å². The molecule has 8 nitrogen and oxygen atoms in total. The number of halogens is 3. The number of benzene rings is 1. The van der Waals surface area contributed by atoms with Gasteiger partial charge in [0.15, 0.2) is 0 Å². The maximum Gasteiger partial charge on any atom is 0.511 e. The number of hydrogen-bond acceptors (Lipinski definition) is 8. The number of aromatic nitrogens is 2. The summed E-state index contributed by atoms with van der Waals surface area (Å²) in [6.07, 6.45) is 2.76. The van der Waals surface area contributed by atoms with Crippen LogP contribution in [0.1, 0.15) is 17.5 Å². The van der Waals surface area contributed by atoms with Gasteiger partial charge in [-0.25, -0.2) is 23.1 Å². The quantitative estimate of drug-likeness (QED) is 0.399. The van der Waals surface area contributed by atoms with Crippen LogP contribution in [0.4, 0.5) is 19.1 Å². The van der Waals surface area contributed by atoms with Crippen LogP contribution in [-0.4, -0.2) is 80.0 Å². The molecule has 0 spiro atoms. The molecule has 1 aliphatic rings. The number of nitrogens with zero attached hydrogens (tertiary/aromatic N) is 4. The predicted molar refractivity (Wildman–Crippen MR) is 136 cm³/mol. The molecule has 0 aliphatic carbocycles. The third-order valence-electron chi connectivity index (χ3n) is 6.09. The van der Waals surface area contributed by atoms with E-state index in [1.165, 1.54) is 11.3 Å². The van der Waals surface area contributed by atoms with Gasteiger partial charge in [-0.05, 0) is 55.6 Å². The van der Waals surface area contributed by atoms with Gasteiger partial charge >= 0.3 is 15.5 Å². The highest BCUT2D eigenvalue weighted by Gasteiger charge is 2.45. The highest BCUT2D eigenvalue weighted by atomic mass is 32.2. The van der Waals surface area contributed by atoms with Gasteiger partial charge in [-0.1, -0.05) is 12.1 Å². The maximum absolute atomic E-state index is 12.6. The smallest absolute Gasteiger partial charge is 0.354 e. The molecular weight excluding hydrogens is 513 g/mol. The molecule has 2 N–H and O–H groups in total. The van der Waals surface area contributed by atoms with E-state index < -0.39 is 22.1 Å². The molecule has 4 rings (SSSR count). The predicted octanol–water partition coefficient (Wildman–Crippen LogP) is 3.66. The van der Waals surface area contributed by atoms with Crippen molar-refractivity contribution in [2.45, 2.75) is 25.4 Å². The zero-order valence-corrected chi connectivity index (χ0v) is 21.7. The number of rotatable bonds is 9. The molecule has 13 heteroatoms. The van der Waals surface area contributed by atoms with Crippen LogP contribution in [0.15, 0.2) is 30.5 Å². The Morgan fingerprint density at radius 1 is 1.14 bits per heavy atom. The topological polar surface area (TPSA) is 90.5 Å². The molecule has 0 saturated carbocycles. The van der Waals surface area contributed by atoms with E-state index in [-0.39, 0.29) is 0 Å². The molecule has 3 heterocycles. The molecule has 1 fully saturated rings. The van der Waals surface area contributed by atoms with Crippen molar-refractivity contribution in [3.05, 3.63) is 41.6 Å². The first-order chi connectivity index (χ1) is 17.0. The highest BCUT2D eigenvalue weighted by Crippen LogP contribution is 2.35. The van der Waals surface area contributed by atoms with Gasteiger partial charge in [0.2, 0.25) is 5.95 Å². The fraction of sp³-hybridized carbons (Fsp3) is 0.478. The minimum atomic E-state index is -5.39. The second kappa shape index (κ2) is 11.0. The van der Waals surface area contributed by atoms with Gasteiger partial charge in [-0.3, -0.25) is 0 Å². The monoisotopic (exact) mass is 542 g/mol. The van der Waals surface area contributed by atoms with Crippen LogP contribution in [0, 0.1) is 6.92 Å². The van der Waals surface area contributed by atoms with Crippen LogP contribution in [-0.2, 0) is 16.6 Å². The number of sulfonamides is 1. The molecule has 1 aromatic carbocycles. The molecule has 0 radical (unpaired) electrons. The van der Waals surface area contributed by atoms with Gasteiger partial charge in [0.25, 0.3) is 0 Å². The van der Waals surface area contributed by atoms with Crippen molar-refractivity contribution in [1.29, 1.82) is 0 Å². The first kappa shape index (κ1) is 26.7. The van der Waals surface area contributed by atoms with Gasteiger partial charge in [0.05, 0.1) is 10.6 Å². The molecule has 3 aromatic rings. The van der Waals surface area contributed by atoms with Crippen LogP contribution < -0.4 is 10.0 Å². The minimum absolute atomic E-state index is 0.436. The maximum atomic E-state index is 12.6. The molecule has 2 aromatic heterocycles. The molecule has 0 unspecified atom stereocenters. The summed E-state index contributed by atoms with van der Waals surface area (Å²) < 4.78 is 62.7. The van der Waals surface area contributed by atoms with Crippen molar-refractivity contribution in [1.82, 2.24) is 24.5 Å². The van der Waals surface area contributed by atoms with E-state index in [1.807, 2.05) is 13.0 Å².